The van der Waals surface area contributed by atoms with E-state index < -0.39 is 34.8 Å². The molecule has 3 aromatic rings. The first kappa shape index (κ1) is 21.0. The SMILES string of the molecule is CC1(C)CN(c2c(F)cc3cc(C(=O)O)c(-c4ccc(F)cc4F)nc3c2F)CCN1. The van der Waals surface area contributed by atoms with Crippen molar-refractivity contribution in [3.63, 3.8) is 0 Å². The van der Waals surface area contributed by atoms with E-state index in [0.29, 0.717) is 25.7 Å². The monoisotopic (exact) mass is 433 g/mol. The number of fused-ring (bicyclic) bond motifs is 1. The second-order valence-corrected chi connectivity index (χ2v) is 8.14. The molecular weight excluding hydrogens is 414 g/mol. The predicted octanol–water partition coefficient (Wildman–Crippen LogP) is 4.34. The van der Waals surface area contributed by atoms with Gasteiger partial charge in [0.05, 0.1) is 11.3 Å². The zero-order valence-electron chi connectivity index (χ0n) is 16.8. The van der Waals surface area contributed by atoms with Gasteiger partial charge in [0.25, 0.3) is 0 Å². The summed E-state index contributed by atoms with van der Waals surface area (Å²) in [6.07, 6.45) is 0. The summed E-state index contributed by atoms with van der Waals surface area (Å²) < 4.78 is 58.1. The van der Waals surface area contributed by atoms with Gasteiger partial charge in [0.1, 0.15) is 28.7 Å². The third-order valence-electron chi connectivity index (χ3n) is 5.28. The normalized spacial score (nSPS) is 16.0. The Morgan fingerprint density at radius 1 is 1.13 bits per heavy atom. The number of aromatic nitrogens is 1. The molecule has 162 valence electrons. The number of benzene rings is 2. The minimum Gasteiger partial charge on any atom is -0.478 e. The Hall–Kier alpha value is -3.20. The lowest BCUT2D eigenvalue weighted by atomic mass is 10.00. The number of nitrogens with zero attached hydrogens (tertiary/aromatic N) is 2. The Morgan fingerprint density at radius 2 is 1.87 bits per heavy atom. The van der Waals surface area contributed by atoms with Crippen LogP contribution in [0.4, 0.5) is 23.2 Å². The summed E-state index contributed by atoms with van der Waals surface area (Å²) in [5, 5.41) is 12.7. The highest BCUT2D eigenvalue weighted by atomic mass is 19.1. The maximum atomic E-state index is 15.5. The highest BCUT2D eigenvalue weighted by molar-refractivity contribution is 6.00. The number of halogens is 4. The maximum absolute atomic E-state index is 15.5. The number of anilines is 1. The summed E-state index contributed by atoms with van der Waals surface area (Å²) in [4.78, 5) is 17.4. The van der Waals surface area contributed by atoms with Gasteiger partial charge in [-0.1, -0.05) is 0 Å². The molecule has 0 radical (unpaired) electrons. The van der Waals surface area contributed by atoms with E-state index in [9.17, 15) is 23.1 Å². The van der Waals surface area contributed by atoms with Gasteiger partial charge in [-0.15, -0.1) is 0 Å². The van der Waals surface area contributed by atoms with Crippen LogP contribution in [0.15, 0.2) is 30.3 Å². The highest BCUT2D eigenvalue weighted by Crippen LogP contribution is 2.35. The lowest BCUT2D eigenvalue weighted by molar-refractivity contribution is 0.0697. The van der Waals surface area contributed by atoms with Crippen molar-refractivity contribution >= 4 is 22.6 Å². The van der Waals surface area contributed by atoms with Gasteiger partial charge in [-0.2, -0.15) is 0 Å². The summed E-state index contributed by atoms with van der Waals surface area (Å²) in [6, 6.07) is 4.63. The quantitative estimate of drug-likeness (QED) is 0.602. The first-order chi connectivity index (χ1) is 14.6. The van der Waals surface area contributed by atoms with E-state index in [1.165, 1.54) is 0 Å². The van der Waals surface area contributed by atoms with Crippen LogP contribution in [0.2, 0.25) is 0 Å². The van der Waals surface area contributed by atoms with E-state index in [4.69, 9.17) is 0 Å². The van der Waals surface area contributed by atoms with E-state index >= 15 is 4.39 Å². The smallest absolute Gasteiger partial charge is 0.337 e. The molecule has 31 heavy (non-hydrogen) atoms. The molecule has 0 amide bonds. The fraction of sp³-hybridized carbons (Fsp3) is 0.273. The van der Waals surface area contributed by atoms with Crippen LogP contribution in [0.25, 0.3) is 22.2 Å². The third-order valence-corrected chi connectivity index (χ3v) is 5.28. The Balaban J connectivity index is 1.96. The van der Waals surface area contributed by atoms with Crippen molar-refractivity contribution in [3.8, 4) is 11.3 Å². The topological polar surface area (TPSA) is 65.5 Å². The van der Waals surface area contributed by atoms with Gasteiger partial charge in [0.15, 0.2) is 5.82 Å². The molecule has 2 N–H and O–H groups in total. The molecule has 0 spiro atoms. The fourth-order valence-corrected chi connectivity index (χ4v) is 3.91. The Morgan fingerprint density at radius 3 is 2.52 bits per heavy atom. The van der Waals surface area contributed by atoms with Gasteiger partial charge in [-0.25, -0.2) is 27.3 Å². The molecule has 1 aliphatic rings. The molecule has 9 heteroatoms. The highest BCUT2D eigenvalue weighted by Gasteiger charge is 2.30. The number of aromatic carboxylic acids is 1. The van der Waals surface area contributed by atoms with Gasteiger partial charge >= 0.3 is 5.97 Å². The van der Waals surface area contributed by atoms with Crippen molar-refractivity contribution < 1.29 is 27.5 Å². The summed E-state index contributed by atoms with van der Waals surface area (Å²) in [7, 11) is 0. The number of hydrogen-bond acceptors (Lipinski definition) is 4. The molecule has 2 aromatic carbocycles. The van der Waals surface area contributed by atoms with Crippen molar-refractivity contribution in [1.82, 2.24) is 10.3 Å². The molecule has 0 unspecified atom stereocenters. The van der Waals surface area contributed by atoms with Crippen LogP contribution in [0.1, 0.15) is 24.2 Å². The number of pyridine rings is 1. The molecule has 2 heterocycles. The third kappa shape index (κ3) is 3.81. The lowest BCUT2D eigenvalue weighted by Crippen LogP contribution is -2.57. The van der Waals surface area contributed by atoms with Gasteiger partial charge in [-0.05, 0) is 38.1 Å². The van der Waals surface area contributed by atoms with Crippen molar-refractivity contribution in [2.45, 2.75) is 19.4 Å². The van der Waals surface area contributed by atoms with E-state index in [1.807, 2.05) is 13.8 Å². The number of carboxylic acids is 1. The standard InChI is InChI=1S/C22H19F4N3O2/c1-22(2)10-29(6-5-27-22)20-16(25)8-11-7-14(21(30)31)19(28-18(11)17(20)26)13-4-3-12(23)9-15(13)24/h3-4,7-9,27H,5-6,10H2,1-2H3,(H,30,31). The molecule has 1 saturated heterocycles. The van der Waals surface area contributed by atoms with Gasteiger partial charge < -0.3 is 15.3 Å². The number of hydrogen-bond donors (Lipinski definition) is 2. The summed E-state index contributed by atoms with van der Waals surface area (Å²) in [6.45, 7) is 5.02. The first-order valence-electron chi connectivity index (χ1n) is 9.59. The largest absolute Gasteiger partial charge is 0.478 e. The van der Waals surface area contributed by atoms with E-state index in [0.717, 1.165) is 24.3 Å². The van der Waals surface area contributed by atoms with Crippen molar-refractivity contribution in [2.75, 3.05) is 24.5 Å². The maximum Gasteiger partial charge on any atom is 0.337 e. The average Bonchev–Trinajstić information content (AvgIpc) is 2.66. The van der Waals surface area contributed by atoms with E-state index in [2.05, 4.69) is 10.3 Å². The number of carboxylic acid groups (broad SMARTS) is 1. The Bertz CT molecular complexity index is 1210. The van der Waals surface area contributed by atoms with Gasteiger partial charge in [-0.3, -0.25) is 0 Å². The first-order valence-corrected chi connectivity index (χ1v) is 9.59. The predicted molar refractivity (Wildman–Crippen MR) is 108 cm³/mol. The number of rotatable bonds is 3. The average molecular weight is 433 g/mol. The fourth-order valence-electron chi connectivity index (χ4n) is 3.91. The van der Waals surface area contributed by atoms with Crippen molar-refractivity contribution in [1.29, 1.82) is 0 Å². The minimum atomic E-state index is -1.46. The van der Waals surface area contributed by atoms with Crippen molar-refractivity contribution in [3.05, 3.63) is 59.2 Å². The summed E-state index contributed by atoms with van der Waals surface area (Å²) in [5.74, 6) is -5.16. The van der Waals surface area contributed by atoms with Crippen LogP contribution in [0.3, 0.4) is 0 Å². The molecule has 0 atom stereocenters. The van der Waals surface area contributed by atoms with E-state index in [1.54, 1.807) is 4.90 Å². The molecule has 0 aliphatic carbocycles. The second-order valence-electron chi connectivity index (χ2n) is 8.14. The van der Waals surface area contributed by atoms with Crippen LogP contribution in [-0.4, -0.2) is 41.2 Å². The molecule has 1 fully saturated rings. The molecular formula is C22H19F4N3O2. The summed E-state index contributed by atoms with van der Waals surface area (Å²) in [5.41, 5.74) is -2.06. The number of nitrogens with one attached hydrogen (secondary N) is 1. The van der Waals surface area contributed by atoms with E-state index in [-0.39, 0.29) is 33.4 Å². The zero-order valence-corrected chi connectivity index (χ0v) is 16.8. The van der Waals surface area contributed by atoms with Crippen molar-refractivity contribution in [2.24, 2.45) is 0 Å². The number of carbonyl (C=O) groups is 1. The minimum absolute atomic E-state index is 0.0724. The Labute approximate surface area is 175 Å². The van der Waals surface area contributed by atoms with Crippen LogP contribution in [-0.2, 0) is 0 Å². The zero-order chi connectivity index (χ0) is 22.5. The number of piperazine rings is 1. The van der Waals surface area contributed by atoms with Crippen LogP contribution < -0.4 is 10.2 Å². The molecule has 1 aliphatic heterocycles. The summed E-state index contributed by atoms with van der Waals surface area (Å²) >= 11 is 0. The molecule has 4 rings (SSSR count). The molecule has 5 nitrogen and oxygen atoms in total. The van der Waals surface area contributed by atoms with Gasteiger partial charge in [0, 0.05) is 42.2 Å². The van der Waals surface area contributed by atoms with Crippen LogP contribution in [0.5, 0.6) is 0 Å². The molecule has 1 aromatic heterocycles. The lowest BCUT2D eigenvalue weighted by Gasteiger charge is -2.40. The molecule has 0 saturated carbocycles. The second kappa shape index (κ2) is 7.49. The van der Waals surface area contributed by atoms with Gasteiger partial charge in [0.2, 0.25) is 0 Å². The van der Waals surface area contributed by atoms with Crippen LogP contribution in [0, 0.1) is 23.3 Å². The Kier molecular flexibility index (Phi) is 5.09. The van der Waals surface area contributed by atoms with Crippen LogP contribution >= 0.6 is 0 Å². The molecule has 0 bridgehead atoms.